The molecule has 0 spiro atoms. The second kappa shape index (κ2) is 7.33. The number of nitrogens with zero attached hydrogens (tertiary/aromatic N) is 1. The minimum absolute atomic E-state index is 0.0163. The number of aliphatic hydroxyl groups is 1. The molecule has 1 fully saturated rings. The molecule has 6 nitrogen and oxygen atoms in total. The van der Waals surface area contributed by atoms with Gasteiger partial charge >= 0.3 is 0 Å². The van der Waals surface area contributed by atoms with Gasteiger partial charge < -0.3 is 15.3 Å². The van der Waals surface area contributed by atoms with Gasteiger partial charge in [0.05, 0.1) is 4.90 Å². The molecule has 1 heterocycles. The summed E-state index contributed by atoms with van der Waals surface area (Å²) in [6.07, 6.45) is 1.04. The zero-order chi connectivity index (χ0) is 15.3. The lowest BCUT2D eigenvalue weighted by Gasteiger charge is -2.27. The third-order valence-corrected chi connectivity index (χ3v) is 4.66. The van der Waals surface area contributed by atoms with E-state index < -0.39 is 10.1 Å². The maximum absolute atomic E-state index is 11.5. The number of rotatable bonds is 6. The van der Waals surface area contributed by atoms with E-state index in [0.29, 0.717) is 18.4 Å². The molecular formula is C14H22N2O4S. The number of nitrogens with one attached hydrogen (secondary N) is 1. The summed E-state index contributed by atoms with van der Waals surface area (Å²) >= 11 is 0. The summed E-state index contributed by atoms with van der Waals surface area (Å²) < 4.78 is 32.2. The third kappa shape index (κ3) is 4.76. The zero-order valence-electron chi connectivity index (χ0n) is 12.0. The average molecular weight is 314 g/mol. The molecule has 0 saturated carbocycles. The van der Waals surface area contributed by atoms with Gasteiger partial charge in [0.25, 0.3) is 10.1 Å². The van der Waals surface area contributed by atoms with Crippen molar-refractivity contribution in [3.05, 3.63) is 29.3 Å². The van der Waals surface area contributed by atoms with Crippen molar-refractivity contribution in [3.8, 4) is 0 Å². The van der Waals surface area contributed by atoms with Crippen LogP contribution in [0.1, 0.15) is 11.1 Å². The predicted octanol–water partition coefficient (Wildman–Crippen LogP) is -0.0842. The number of hydrogen-bond acceptors (Lipinski definition) is 5. The highest BCUT2D eigenvalue weighted by molar-refractivity contribution is 7.85. The van der Waals surface area contributed by atoms with Gasteiger partial charge in [-0.15, -0.1) is 0 Å². The maximum Gasteiger partial charge on any atom is 0.294 e. The molecule has 0 aromatic heterocycles. The van der Waals surface area contributed by atoms with Crippen LogP contribution in [0.15, 0.2) is 23.1 Å². The van der Waals surface area contributed by atoms with Crippen molar-refractivity contribution in [1.29, 1.82) is 0 Å². The van der Waals surface area contributed by atoms with Gasteiger partial charge in [0.2, 0.25) is 0 Å². The lowest BCUT2D eigenvalue weighted by Crippen LogP contribution is -2.44. The van der Waals surface area contributed by atoms with E-state index >= 15 is 0 Å². The minimum Gasteiger partial charge on any atom is -0.396 e. The Kier molecular flexibility index (Phi) is 5.72. The first-order valence-corrected chi connectivity index (χ1v) is 8.58. The molecular weight excluding hydrogens is 292 g/mol. The molecule has 0 bridgehead atoms. The van der Waals surface area contributed by atoms with Crippen molar-refractivity contribution in [3.63, 3.8) is 0 Å². The normalized spacial score (nSPS) is 17.0. The number of hydrogen-bond donors (Lipinski definition) is 3. The summed E-state index contributed by atoms with van der Waals surface area (Å²) in [7, 11) is -4.21. The van der Waals surface area contributed by atoms with Gasteiger partial charge in [0.1, 0.15) is 0 Å². The van der Waals surface area contributed by atoms with E-state index in [9.17, 15) is 13.0 Å². The van der Waals surface area contributed by atoms with Crippen LogP contribution >= 0.6 is 0 Å². The van der Waals surface area contributed by atoms with Gasteiger partial charge in [0, 0.05) is 39.3 Å². The third-order valence-electron chi connectivity index (χ3n) is 3.71. The first-order chi connectivity index (χ1) is 10.0. The van der Waals surface area contributed by atoms with Crippen molar-refractivity contribution in [1.82, 2.24) is 10.2 Å². The fraction of sp³-hybridized carbons (Fsp3) is 0.571. The summed E-state index contributed by atoms with van der Waals surface area (Å²) in [5, 5.41) is 12.3. The van der Waals surface area contributed by atoms with Crippen LogP contribution in [0.25, 0.3) is 0 Å². The van der Waals surface area contributed by atoms with E-state index in [1.807, 2.05) is 0 Å². The predicted molar refractivity (Wildman–Crippen MR) is 80.1 cm³/mol. The van der Waals surface area contributed by atoms with Crippen LogP contribution in [0.5, 0.6) is 0 Å². The van der Waals surface area contributed by atoms with Crippen molar-refractivity contribution < 1.29 is 18.1 Å². The molecule has 1 aromatic carbocycles. The smallest absolute Gasteiger partial charge is 0.294 e. The second-order valence-corrected chi connectivity index (χ2v) is 6.62. The average Bonchev–Trinajstić information content (AvgIpc) is 2.45. The molecule has 21 heavy (non-hydrogen) atoms. The van der Waals surface area contributed by atoms with Crippen molar-refractivity contribution >= 4 is 10.1 Å². The molecule has 0 aliphatic carbocycles. The van der Waals surface area contributed by atoms with E-state index in [2.05, 4.69) is 10.2 Å². The molecule has 3 N–H and O–H groups in total. The van der Waals surface area contributed by atoms with E-state index in [1.165, 1.54) is 6.07 Å². The number of aliphatic hydroxyl groups excluding tert-OH is 1. The van der Waals surface area contributed by atoms with Crippen LogP contribution in [0, 0.1) is 0 Å². The van der Waals surface area contributed by atoms with Gasteiger partial charge in [-0.25, -0.2) is 0 Å². The molecule has 118 valence electrons. The van der Waals surface area contributed by atoms with E-state index in [4.69, 9.17) is 5.11 Å². The fourth-order valence-corrected chi connectivity index (χ4v) is 3.31. The molecule has 0 unspecified atom stereocenters. The topological polar surface area (TPSA) is 89.9 Å². The van der Waals surface area contributed by atoms with Gasteiger partial charge in [-0.1, -0.05) is 12.1 Å². The zero-order valence-corrected chi connectivity index (χ0v) is 12.8. The van der Waals surface area contributed by atoms with Crippen LogP contribution in [0.3, 0.4) is 0 Å². The standard InChI is InChI=1S/C14H22N2O4S/c17-10-4-12-1-2-14(21(18,19)20)13(11-12)3-7-16-8-5-15-6-9-16/h1-2,11,15,17H,3-10H2,(H,18,19,20). The van der Waals surface area contributed by atoms with Crippen LogP contribution in [-0.2, 0) is 23.0 Å². The number of piperazine rings is 1. The SMILES string of the molecule is O=S(=O)(O)c1ccc(CCO)cc1CCN1CCNCC1. The summed E-state index contributed by atoms with van der Waals surface area (Å²) in [5.41, 5.74) is 1.49. The second-order valence-electron chi connectivity index (χ2n) is 5.23. The van der Waals surface area contributed by atoms with E-state index in [-0.39, 0.29) is 11.5 Å². The minimum atomic E-state index is -4.21. The lowest BCUT2D eigenvalue weighted by atomic mass is 10.1. The highest BCUT2D eigenvalue weighted by Crippen LogP contribution is 2.19. The van der Waals surface area contributed by atoms with E-state index in [0.717, 1.165) is 38.3 Å². The Morgan fingerprint density at radius 2 is 1.90 bits per heavy atom. The lowest BCUT2D eigenvalue weighted by molar-refractivity contribution is 0.243. The Balaban J connectivity index is 2.15. The first-order valence-electron chi connectivity index (χ1n) is 7.14. The molecule has 1 saturated heterocycles. The Bertz CT molecular complexity index is 568. The molecule has 0 radical (unpaired) electrons. The first kappa shape index (κ1) is 16.4. The fourth-order valence-electron chi connectivity index (χ4n) is 2.58. The highest BCUT2D eigenvalue weighted by atomic mass is 32.2. The van der Waals surface area contributed by atoms with Gasteiger partial charge in [-0.05, 0) is 30.0 Å². The summed E-state index contributed by atoms with van der Waals surface area (Å²) in [5.74, 6) is 0. The monoisotopic (exact) mass is 314 g/mol. The summed E-state index contributed by atoms with van der Waals surface area (Å²) in [6, 6.07) is 4.82. The molecule has 1 aliphatic heterocycles. The van der Waals surface area contributed by atoms with Gasteiger partial charge in [0.15, 0.2) is 0 Å². The van der Waals surface area contributed by atoms with Crippen molar-refractivity contribution in [2.75, 3.05) is 39.3 Å². The molecule has 1 aromatic rings. The molecule has 0 atom stereocenters. The molecule has 1 aliphatic rings. The molecule has 7 heteroatoms. The Morgan fingerprint density at radius 1 is 1.19 bits per heavy atom. The Morgan fingerprint density at radius 3 is 2.52 bits per heavy atom. The van der Waals surface area contributed by atoms with Gasteiger partial charge in [-0.2, -0.15) is 8.42 Å². The number of benzene rings is 1. The van der Waals surface area contributed by atoms with Crippen LogP contribution in [0.4, 0.5) is 0 Å². The molecule has 0 amide bonds. The molecule has 2 rings (SSSR count). The quantitative estimate of drug-likeness (QED) is 0.636. The summed E-state index contributed by atoms with van der Waals surface area (Å²) in [4.78, 5) is 2.24. The highest BCUT2D eigenvalue weighted by Gasteiger charge is 2.17. The van der Waals surface area contributed by atoms with Crippen LogP contribution in [0.2, 0.25) is 0 Å². The Hall–Kier alpha value is -0.990. The van der Waals surface area contributed by atoms with E-state index in [1.54, 1.807) is 12.1 Å². The van der Waals surface area contributed by atoms with Gasteiger partial charge in [-0.3, -0.25) is 4.55 Å². The largest absolute Gasteiger partial charge is 0.396 e. The maximum atomic E-state index is 11.5. The van der Waals surface area contributed by atoms with Crippen molar-refractivity contribution in [2.45, 2.75) is 17.7 Å². The summed E-state index contributed by atoms with van der Waals surface area (Å²) in [6.45, 7) is 4.54. The van der Waals surface area contributed by atoms with Crippen molar-refractivity contribution in [2.24, 2.45) is 0 Å². The Labute approximate surface area is 125 Å². The van der Waals surface area contributed by atoms with Crippen LogP contribution < -0.4 is 5.32 Å². The van der Waals surface area contributed by atoms with Crippen LogP contribution in [-0.4, -0.2) is 62.3 Å².